The first-order valence-electron chi connectivity index (χ1n) is 10.1. The van der Waals surface area contributed by atoms with Gasteiger partial charge in [-0.3, -0.25) is 0 Å². The van der Waals surface area contributed by atoms with Crippen LogP contribution >= 0.6 is 15.9 Å². The largest absolute Gasteiger partial charge is 0.309 e. The van der Waals surface area contributed by atoms with Gasteiger partial charge in [-0.25, -0.2) is 0 Å². The van der Waals surface area contributed by atoms with Crippen LogP contribution in [-0.4, -0.2) is 4.57 Å². The Kier molecular flexibility index (Phi) is 4.00. The SMILES string of the molecule is Brc1cc(-c2ccccc2)cc(-n2c3ccccc3c3cc4ccccc4cc32)c1. The molecule has 1 nitrogen and oxygen atoms in total. The van der Waals surface area contributed by atoms with Crippen LogP contribution in [0.4, 0.5) is 0 Å². The van der Waals surface area contributed by atoms with Crippen molar-refractivity contribution in [3.05, 3.63) is 114 Å². The molecule has 6 aromatic rings. The molecule has 2 heteroatoms. The molecule has 0 aliphatic carbocycles. The van der Waals surface area contributed by atoms with Crippen molar-refractivity contribution in [3.63, 3.8) is 0 Å². The van der Waals surface area contributed by atoms with E-state index in [1.165, 1.54) is 43.7 Å². The highest BCUT2D eigenvalue weighted by Gasteiger charge is 2.14. The molecule has 0 saturated carbocycles. The fourth-order valence-electron chi connectivity index (χ4n) is 4.43. The second-order valence-electron chi connectivity index (χ2n) is 7.63. The van der Waals surface area contributed by atoms with Crippen LogP contribution in [0.1, 0.15) is 0 Å². The first kappa shape index (κ1) is 17.5. The van der Waals surface area contributed by atoms with E-state index in [1.54, 1.807) is 0 Å². The Labute approximate surface area is 183 Å². The van der Waals surface area contributed by atoms with Gasteiger partial charge in [0.2, 0.25) is 0 Å². The minimum Gasteiger partial charge on any atom is -0.309 e. The molecule has 0 spiro atoms. The first-order chi connectivity index (χ1) is 14.8. The van der Waals surface area contributed by atoms with E-state index in [1.807, 2.05) is 0 Å². The van der Waals surface area contributed by atoms with E-state index in [9.17, 15) is 0 Å². The van der Waals surface area contributed by atoms with Crippen molar-refractivity contribution in [1.29, 1.82) is 0 Å². The Bertz CT molecular complexity index is 1540. The second-order valence-corrected chi connectivity index (χ2v) is 8.55. The monoisotopic (exact) mass is 447 g/mol. The summed E-state index contributed by atoms with van der Waals surface area (Å²) in [6.45, 7) is 0. The van der Waals surface area contributed by atoms with Gasteiger partial charge in [0, 0.05) is 20.9 Å². The van der Waals surface area contributed by atoms with E-state index in [-0.39, 0.29) is 0 Å². The fourth-order valence-corrected chi connectivity index (χ4v) is 4.92. The number of benzene rings is 5. The van der Waals surface area contributed by atoms with Gasteiger partial charge in [0.1, 0.15) is 0 Å². The van der Waals surface area contributed by atoms with Crippen molar-refractivity contribution in [2.45, 2.75) is 0 Å². The molecule has 1 aromatic heterocycles. The number of para-hydroxylation sites is 1. The summed E-state index contributed by atoms with van der Waals surface area (Å²) >= 11 is 3.75. The number of nitrogens with zero attached hydrogens (tertiary/aromatic N) is 1. The Morgan fingerprint density at radius 1 is 0.500 bits per heavy atom. The Balaban J connectivity index is 1.72. The van der Waals surface area contributed by atoms with Crippen molar-refractivity contribution in [2.24, 2.45) is 0 Å². The Morgan fingerprint density at radius 3 is 2.03 bits per heavy atom. The smallest absolute Gasteiger partial charge is 0.0547 e. The molecule has 0 aliphatic rings. The fraction of sp³-hybridized carbons (Fsp3) is 0. The molecule has 0 unspecified atom stereocenters. The highest BCUT2D eigenvalue weighted by Crippen LogP contribution is 2.36. The second kappa shape index (κ2) is 6.86. The molecule has 30 heavy (non-hydrogen) atoms. The van der Waals surface area contributed by atoms with Crippen LogP contribution in [0.5, 0.6) is 0 Å². The normalized spacial score (nSPS) is 11.5. The molecule has 0 amide bonds. The number of rotatable bonds is 2. The van der Waals surface area contributed by atoms with Crippen molar-refractivity contribution < 1.29 is 0 Å². The van der Waals surface area contributed by atoms with Crippen molar-refractivity contribution in [2.75, 3.05) is 0 Å². The third-order valence-electron chi connectivity index (χ3n) is 5.79. The standard InChI is InChI=1S/C28H18BrN/c29-23-14-22(19-8-2-1-3-9-19)15-24(18-23)30-27-13-7-6-12-25(27)26-16-20-10-4-5-11-21(20)17-28(26)30/h1-18H. The quantitative estimate of drug-likeness (QED) is 0.251. The summed E-state index contributed by atoms with van der Waals surface area (Å²) in [5.74, 6) is 0. The number of hydrogen-bond acceptors (Lipinski definition) is 0. The summed E-state index contributed by atoms with van der Waals surface area (Å²) in [4.78, 5) is 0. The lowest BCUT2D eigenvalue weighted by molar-refractivity contribution is 1.18. The molecule has 0 N–H and O–H groups in total. The third kappa shape index (κ3) is 2.76. The summed E-state index contributed by atoms with van der Waals surface area (Å²) in [5.41, 5.74) is 6.02. The minimum atomic E-state index is 1.07. The van der Waals surface area contributed by atoms with Gasteiger partial charge in [0.05, 0.1) is 11.0 Å². The maximum absolute atomic E-state index is 3.75. The molecule has 0 atom stereocenters. The Morgan fingerprint density at radius 2 is 1.20 bits per heavy atom. The van der Waals surface area contributed by atoms with E-state index in [0.29, 0.717) is 0 Å². The molecule has 0 fully saturated rings. The van der Waals surface area contributed by atoms with Gasteiger partial charge in [-0.05, 0) is 58.3 Å². The van der Waals surface area contributed by atoms with Gasteiger partial charge in [-0.1, -0.05) is 88.7 Å². The molecule has 142 valence electrons. The van der Waals surface area contributed by atoms with E-state index in [0.717, 1.165) is 10.2 Å². The first-order valence-corrected chi connectivity index (χ1v) is 10.9. The van der Waals surface area contributed by atoms with Crippen LogP contribution in [0.3, 0.4) is 0 Å². The lowest BCUT2D eigenvalue weighted by Crippen LogP contribution is -1.95. The van der Waals surface area contributed by atoms with E-state index in [4.69, 9.17) is 0 Å². The van der Waals surface area contributed by atoms with Crippen LogP contribution in [0, 0.1) is 0 Å². The molecule has 0 aliphatic heterocycles. The topological polar surface area (TPSA) is 4.93 Å². The molecule has 6 rings (SSSR count). The molecule has 0 radical (unpaired) electrons. The van der Waals surface area contributed by atoms with Gasteiger partial charge >= 0.3 is 0 Å². The molecular formula is C28H18BrN. The lowest BCUT2D eigenvalue weighted by Gasteiger charge is -2.12. The van der Waals surface area contributed by atoms with Gasteiger partial charge in [0.25, 0.3) is 0 Å². The average molecular weight is 448 g/mol. The average Bonchev–Trinajstić information content (AvgIpc) is 3.11. The zero-order chi connectivity index (χ0) is 20.1. The van der Waals surface area contributed by atoms with Crippen LogP contribution in [0.25, 0.3) is 49.4 Å². The van der Waals surface area contributed by atoms with Gasteiger partial charge < -0.3 is 4.57 Å². The number of halogens is 1. The lowest BCUT2D eigenvalue weighted by atomic mass is 10.0. The van der Waals surface area contributed by atoms with Crippen molar-refractivity contribution in [1.82, 2.24) is 4.57 Å². The Hall–Kier alpha value is -3.36. The van der Waals surface area contributed by atoms with E-state index in [2.05, 4.69) is 130 Å². The van der Waals surface area contributed by atoms with E-state index >= 15 is 0 Å². The molecule has 1 heterocycles. The summed E-state index contributed by atoms with van der Waals surface area (Å²) in [6, 6.07) is 39.1. The summed E-state index contributed by atoms with van der Waals surface area (Å²) in [5, 5.41) is 5.09. The van der Waals surface area contributed by atoms with Crippen LogP contribution < -0.4 is 0 Å². The van der Waals surface area contributed by atoms with Crippen LogP contribution in [-0.2, 0) is 0 Å². The molecular weight excluding hydrogens is 430 g/mol. The van der Waals surface area contributed by atoms with Crippen LogP contribution in [0.15, 0.2) is 114 Å². The predicted molar refractivity (Wildman–Crippen MR) is 131 cm³/mol. The molecule has 0 bridgehead atoms. The summed E-state index contributed by atoms with van der Waals surface area (Å²) in [6.07, 6.45) is 0. The zero-order valence-corrected chi connectivity index (χ0v) is 17.8. The third-order valence-corrected chi connectivity index (χ3v) is 6.25. The zero-order valence-electron chi connectivity index (χ0n) is 16.2. The molecule has 0 saturated heterocycles. The highest BCUT2D eigenvalue weighted by atomic mass is 79.9. The van der Waals surface area contributed by atoms with Gasteiger partial charge in [-0.15, -0.1) is 0 Å². The van der Waals surface area contributed by atoms with Crippen molar-refractivity contribution >= 4 is 48.5 Å². The number of fused-ring (bicyclic) bond motifs is 4. The number of aromatic nitrogens is 1. The van der Waals surface area contributed by atoms with Crippen molar-refractivity contribution in [3.8, 4) is 16.8 Å². The maximum Gasteiger partial charge on any atom is 0.0547 e. The summed E-state index contributed by atoms with van der Waals surface area (Å²) in [7, 11) is 0. The molecule has 5 aromatic carbocycles. The summed E-state index contributed by atoms with van der Waals surface area (Å²) < 4.78 is 3.46. The number of hydrogen-bond donors (Lipinski definition) is 0. The minimum absolute atomic E-state index is 1.07. The van der Waals surface area contributed by atoms with Crippen LogP contribution in [0.2, 0.25) is 0 Å². The van der Waals surface area contributed by atoms with E-state index < -0.39 is 0 Å². The van der Waals surface area contributed by atoms with Gasteiger partial charge in [-0.2, -0.15) is 0 Å². The van der Waals surface area contributed by atoms with Gasteiger partial charge in [0.15, 0.2) is 0 Å². The maximum atomic E-state index is 3.75. The highest BCUT2D eigenvalue weighted by molar-refractivity contribution is 9.10. The predicted octanol–water partition coefficient (Wildman–Crippen LogP) is 8.37.